The highest BCUT2D eigenvalue weighted by Crippen LogP contribution is 2.16. The van der Waals surface area contributed by atoms with E-state index in [1.807, 2.05) is 12.1 Å². The van der Waals surface area contributed by atoms with Crippen LogP contribution in [0, 0.1) is 0 Å². The summed E-state index contributed by atoms with van der Waals surface area (Å²) in [6.45, 7) is 5.05. The van der Waals surface area contributed by atoms with Crippen LogP contribution in [0.2, 0.25) is 0 Å². The maximum Gasteiger partial charge on any atom is 0.128 e. The molecular formula is C11H16N2O2. The summed E-state index contributed by atoms with van der Waals surface area (Å²) in [5.74, 6) is 0.961. The van der Waals surface area contributed by atoms with E-state index in [-0.39, 0.29) is 0 Å². The third-order valence-electron chi connectivity index (χ3n) is 2.59. The second-order valence-electron chi connectivity index (χ2n) is 3.73. The topological polar surface area (TPSA) is 45.6 Å². The van der Waals surface area contributed by atoms with Gasteiger partial charge in [-0.3, -0.25) is 0 Å². The number of aliphatic hydroxyl groups excluding tert-OH is 1. The van der Waals surface area contributed by atoms with Crippen LogP contribution in [0.3, 0.4) is 0 Å². The number of pyridine rings is 1. The molecule has 82 valence electrons. The molecule has 4 heteroatoms. The summed E-state index contributed by atoms with van der Waals surface area (Å²) in [6.07, 6.45) is 1.28. The Hall–Kier alpha value is -1.13. The summed E-state index contributed by atoms with van der Waals surface area (Å²) >= 11 is 0. The van der Waals surface area contributed by atoms with Gasteiger partial charge in [0.05, 0.1) is 19.3 Å². The molecule has 15 heavy (non-hydrogen) atoms. The van der Waals surface area contributed by atoms with Crippen LogP contribution in [0.15, 0.2) is 18.3 Å². The third-order valence-corrected chi connectivity index (χ3v) is 2.59. The first-order valence-corrected chi connectivity index (χ1v) is 5.24. The first-order valence-electron chi connectivity index (χ1n) is 5.24. The van der Waals surface area contributed by atoms with Crippen LogP contribution < -0.4 is 4.90 Å². The predicted molar refractivity (Wildman–Crippen MR) is 57.9 cm³/mol. The first-order chi connectivity index (χ1) is 7.27. The van der Waals surface area contributed by atoms with Crippen molar-refractivity contribution in [1.82, 2.24) is 4.98 Å². The zero-order chi connectivity index (χ0) is 10.7. The second kappa shape index (κ2) is 4.59. The van der Waals surface area contributed by atoms with Crippen LogP contribution in [0.25, 0.3) is 0 Å². The number of rotatable bonds is 2. The van der Waals surface area contributed by atoms with E-state index in [0.717, 1.165) is 37.7 Å². The number of aromatic nitrogens is 1. The lowest BCUT2D eigenvalue weighted by Gasteiger charge is -2.27. The van der Waals surface area contributed by atoms with Crippen LogP contribution in [-0.4, -0.2) is 36.4 Å². The standard InChI is InChI=1S/C11H16N2O2/c1-9(14)10-2-3-11(12-8-10)13-4-6-15-7-5-13/h2-3,8-9,14H,4-7H2,1H3/t9-/m1/s1. The normalized spacial score (nSPS) is 18.9. The second-order valence-corrected chi connectivity index (χ2v) is 3.73. The van der Waals surface area contributed by atoms with E-state index < -0.39 is 6.10 Å². The van der Waals surface area contributed by atoms with Crippen molar-refractivity contribution in [2.75, 3.05) is 31.2 Å². The third kappa shape index (κ3) is 2.46. The molecule has 1 aliphatic heterocycles. The summed E-state index contributed by atoms with van der Waals surface area (Å²) < 4.78 is 5.27. The van der Waals surface area contributed by atoms with Gasteiger partial charge in [0.25, 0.3) is 0 Å². The Bertz CT molecular complexity index is 305. The lowest BCUT2D eigenvalue weighted by atomic mass is 10.2. The summed E-state index contributed by atoms with van der Waals surface area (Å²) in [5.41, 5.74) is 0.854. The van der Waals surface area contributed by atoms with E-state index in [1.54, 1.807) is 13.1 Å². The zero-order valence-electron chi connectivity index (χ0n) is 8.89. The number of nitrogens with zero attached hydrogens (tertiary/aromatic N) is 2. The van der Waals surface area contributed by atoms with E-state index >= 15 is 0 Å². The highest BCUT2D eigenvalue weighted by Gasteiger charge is 2.12. The molecule has 0 spiro atoms. The molecule has 1 N–H and O–H groups in total. The molecule has 1 fully saturated rings. The quantitative estimate of drug-likeness (QED) is 0.786. The van der Waals surface area contributed by atoms with Crippen LogP contribution in [0.5, 0.6) is 0 Å². The molecule has 1 saturated heterocycles. The number of aliphatic hydroxyl groups is 1. The molecule has 0 bridgehead atoms. The highest BCUT2D eigenvalue weighted by atomic mass is 16.5. The smallest absolute Gasteiger partial charge is 0.128 e. The molecule has 1 aromatic rings. The number of ether oxygens (including phenoxy) is 1. The first kappa shape index (κ1) is 10.4. The molecule has 0 saturated carbocycles. The van der Waals surface area contributed by atoms with Gasteiger partial charge in [0.2, 0.25) is 0 Å². The van der Waals surface area contributed by atoms with E-state index in [9.17, 15) is 5.11 Å². The fourth-order valence-electron chi connectivity index (χ4n) is 1.62. The monoisotopic (exact) mass is 208 g/mol. The fraction of sp³-hybridized carbons (Fsp3) is 0.545. The van der Waals surface area contributed by atoms with Crippen molar-refractivity contribution in [2.24, 2.45) is 0 Å². The van der Waals surface area contributed by atoms with Crippen LogP contribution in [0.1, 0.15) is 18.6 Å². The molecule has 2 rings (SSSR count). The van der Waals surface area contributed by atoms with Crippen molar-refractivity contribution >= 4 is 5.82 Å². The van der Waals surface area contributed by atoms with Crippen LogP contribution in [0.4, 0.5) is 5.82 Å². The Labute approximate surface area is 89.5 Å². The molecule has 0 unspecified atom stereocenters. The Kier molecular flexibility index (Phi) is 3.18. The summed E-state index contributed by atoms with van der Waals surface area (Å²) in [4.78, 5) is 6.52. The van der Waals surface area contributed by atoms with Gasteiger partial charge >= 0.3 is 0 Å². The van der Waals surface area contributed by atoms with Crippen molar-refractivity contribution in [3.8, 4) is 0 Å². The van der Waals surface area contributed by atoms with Gasteiger partial charge in [-0.2, -0.15) is 0 Å². The van der Waals surface area contributed by atoms with Gasteiger partial charge in [0.15, 0.2) is 0 Å². The number of hydrogen-bond acceptors (Lipinski definition) is 4. The van der Waals surface area contributed by atoms with Crippen molar-refractivity contribution in [2.45, 2.75) is 13.0 Å². The van der Waals surface area contributed by atoms with E-state index in [0.29, 0.717) is 0 Å². The van der Waals surface area contributed by atoms with Gasteiger partial charge in [-0.05, 0) is 18.6 Å². The summed E-state index contributed by atoms with van der Waals surface area (Å²) in [7, 11) is 0. The predicted octanol–water partition coefficient (Wildman–Crippen LogP) is 0.972. The summed E-state index contributed by atoms with van der Waals surface area (Å²) in [6, 6.07) is 3.87. The molecule has 0 radical (unpaired) electrons. The van der Waals surface area contributed by atoms with Gasteiger partial charge < -0.3 is 14.7 Å². The van der Waals surface area contributed by atoms with Crippen LogP contribution in [-0.2, 0) is 4.74 Å². The van der Waals surface area contributed by atoms with Crippen molar-refractivity contribution in [3.63, 3.8) is 0 Å². The zero-order valence-corrected chi connectivity index (χ0v) is 8.89. The Morgan fingerprint density at radius 2 is 2.13 bits per heavy atom. The molecule has 0 amide bonds. The van der Waals surface area contributed by atoms with E-state index in [1.165, 1.54) is 0 Å². The molecule has 1 aliphatic rings. The SMILES string of the molecule is C[C@@H](O)c1ccc(N2CCOCC2)nc1. The summed E-state index contributed by atoms with van der Waals surface area (Å²) in [5, 5.41) is 9.35. The van der Waals surface area contributed by atoms with Gasteiger partial charge in [0.1, 0.15) is 5.82 Å². The maximum atomic E-state index is 9.35. The van der Waals surface area contributed by atoms with Gasteiger partial charge in [-0.25, -0.2) is 4.98 Å². The highest BCUT2D eigenvalue weighted by molar-refractivity contribution is 5.39. The Balaban J connectivity index is 2.08. The van der Waals surface area contributed by atoms with Crippen molar-refractivity contribution in [3.05, 3.63) is 23.9 Å². The van der Waals surface area contributed by atoms with Gasteiger partial charge in [0, 0.05) is 19.3 Å². The minimum absolute atomic E-state index is 0.448. The Morgan fingerprint density at radius 1 is 1.40 bits per heavy atom. The van der Waals surface area contributed by atoms with Gasteiger partial charge in [-0.15, -0.1) is 0 Å². The molecule has 0 aromatic carbocycles. The van der Waals surface area contributed by atoms with Crippen LogP contribution >= 0.6 is 0 Å². The molecule has 2 heterocycles. The maximum absolute atomic E-state index is 9.35. The lowest BCUT2D eigenvalue weighted by Crippen LogP contribution is -2.36. The molecule has 4 nitrogen and oxygen atoms in total. The number of anilines is 1. The number of hydrogen-bond donors (Lipinski definition) is 1. The van der Waals surface area contributed by atoms with Crippen molar-refractivity contribution < 1.29 is 9.84 Å². The number of morpholine rings is 1. The molecule has 1 aromatic heterocycles. The molecule has 1 atom stereocenters. The fourth-order valence-corrected chi connectivity index (χ4v) is 1.62. The van der Waals surface area contributed by atoms with Gasteiger partial charge in [-0.1, -0.05) is 6.07 Å². The van der Waals surface area contributed by atoms with E-state index in [2.05, 4.69) is 9.88 Å². The average molecular weight is 208 g/mol. The molecule has 0 aliphatic carbocycles. The largest absolute Gasteiger partial charge is 0.389 e. The minimum atomic E-state index is -0.448. The van der Waals surface area contributed by atoms with Crippen molar-refractivity contribution in [1.29, 1.82) is 0 Å². The Morgan fingerprint density at radius 3 is 2.67 bits per heavy atom. The molecular weight excluding hydrogens is 192 g/mol. The minimum Gasteiger partial charge on any atom is -0.389 e. The average Bonchev–Trinajstić information content (AvgIpc) is 2.30. The van der Waals surface area contributed by atoms with E-state index in [4.69, 9.17) is 4.74 Å². The lowest BCUT2D eigenvalue weighted by molar-refractivity contribution is 0.122.